The molecular formula is C22H22O9. The minimum absolute atomic E-state index is 0.166. The fourth-order valence-corrected chi connectivity index (χ4v) is 3.40. The molecule has 0 radical (unpaired) electrons. The van der Waals surface area contributed by atoms with E-state index in [-0.39, 0.29) is 40.1 Å². The first-order chi connectivity index (χ1) is 14.7. The summed E-state index contributed by atoms with van der Waals surface area (Å²) < 4.78 is 27.6. The van der Waals surface area contributed by atoms with Crippen molar-refractivity contribution in [1.29, 1.82) is 0 Å². The van der Waals surface area contributed by atoms with Gasteiger partial charge in [0.2, 0.25) is 28.1 Å². The Kier molecular flexibility index (Phi) is 5.96. The number of hydrogen-bond acceptors (Lipinski definition) is 9. The maximum atomic E-state index is 12.3. The van der Waals surface area contributed by atoms with Crippen LogP contribution in [0.25, 0.3) is 0 Å². The molecule has 0 spiro atoms. The summed E-state index contributed by atoms with van der Waals surface area (Å²) in [5.41, 5.74) is -1.11. The van der Waals surface area contributed by atoms with Crippen molar-refractivity contribution in [1.82, 2.24) is 0 Å². The van der Waals surface area contributed by atoms with Crippen LogP contribution < -0.4 is 25.1 Å². The highest BCUT2D eigenvalue weighted by Crippen LogP contribution is 2.48. The molecule has 0 aliphatic carbocycles. The van der Waals surface area contributed by atoms with E-state index in [4.69, 9.17) is 23.0 Å². The fourth-order valence-electron chi connectivity index (χ4n) is 3.40. The topological polar surface area (TPSA) is 129 Å². The second-order valence-electron chi connectivity index (χ2n) is 6.72. The molecule has 0 amide bonds. The summed E-state index contributed by atoms with van der Waals surface area (Å²) in [5.74, 6) is -1.95. The van der Waals surface area contributed by atoms with Crippen LogP contribution in [-0.4, -0.2) is 31.5 Å². The Bertz CT molecular complexity index is 1170. The van der Waals surface area contributed by atoms with Crippen LogP contribution in [0, 0.1) is 13.8 Å². The van der Waals surface area contributed by atoms with Gasteiger partial charge >= 0.3 is 0 Å². The molecule has 2 aromatic heterocycles. The van der Waals surface area contributed by atoms with Crippen LogP contribution in [0.1, 0.15) is 34.5 Å². The van der Waals surface area contributed by atoms with E-state index in [0.717, 1.165) is 12.1 Å². The summed E-state index contributed by atoms with van der Waals surface area (Å²) >= 11 is 0. The number of aromatic hydroxyl groups is 2. The van der Waals surface area contributed by atoms with E-state index in [2.05, 4.69) is 0 Å². The van der Waals surface area contributed by atoms with Gasteiger partial charge in [0, 0.05) is 17.7 Å². The summed E-state index contributed by atoms with van der Waals surface area (Å²) in [4.78, 5) is 24.6. The quantitative estimate of drug-likeness (QED) is 0.606. The molecule has 3 aromatic rings. The van der Waals surface area contributed by atoms with Gasteiger partial charge in [0.25, 0.3) is 0 Å². The smallest absolute Gasteiger partial charge is 0.227 e. The van der Waals surface area contributed by atoms with Crippen LogP contribution in [0.4, 0.5) is 0 Å². The number of methoxy groups -OCH3 is 3. The van der Waals surface area contributed by atoms with Gasteiger partial charge in [-0.3, -0.25) is 9.59 Å². The third-order valence-corrected chi connectivity index (χ3v) is 4.71. The maximum Gasteiger partial charge on any atom is 0.227 e. The molecule has 0 saturated heterocycles. The SMILES string of the molecule is COc1ccc(C(c2oc(C)cc(=O)c2O)c2oc(C)cc(=O)c2O)c(OC)c1OC. The van der Waals surface area contributed by atoms with Gasteiger partial charge in [-0.1, -0.05) is 6.07 Å². The summed E-state index contributed by atoms with van der Waals surface area (Å²) in [6, 6.07) is 5.37. The van der Waals surface area contributed by atoms with E-state index >= 15 is 0 Å². The Hall–Kier alpha value is -3.88. The number of hydrogen-bond donors (Lipinski definition) is 2. The van der Waals surface area contributed by atoms with Gasteiger partial charge in [-0.15, -0.1) is 0 Å². The first-order valence-corrected chi connectivity index (χ1v) is 9.19. The van der Waals surface area contributed by atoms with E-state index in [1.165, 1.54) is 35.2 Å². The number of benzene rings is 1. The first kappa shape index (κ1) is 21.8. The maximum absolute atomic E-state index is 12.3. The van der Waals surface area contributed by atoms with Crippen molar-refractivity contribution < 1.29 is 33.3 Å². The molecule has 31 heavy (non-hydrogen) atoms. The van der Waals surface area contributed by atoms with Gasteiger partial charge in [-0.2, -0.15) is 0 Å². The van der Waals surface area contributed by atoms with Crippen molar-refractivity contribution in [3.63, 3.8) is 0 Å². The molecule has 9 heteroatoms. The molecule has 0 saturated carbocycles. The van der Waals surface area contributed by atoms with Gasteiger partial charge < -0.3 is 33.3 Å². The highest BCUT2D eigenvalue weighted by molar-refractivity contribution is 5.60. The van der Waals surface area contributed by atoms with E-state index < -0.39 is 28.3 Å². The van der Waals surface area contributed by atoms with Crippen LogP contribution in [0.5, 0.6) is 28.7 Å². The Morgan fingerprint density at radius 2 is 1.26 bits per heavy atom. The van der Waals surface area contributed by atoms with Crippen LogP contribution >= 0.6 is 0 Å². The average molecular weight is 430 g/mol. The van der Waals surface area contributed by atoms with Gasteiger partial charge in [0.05, 0.1) is 21.3 Å². The van der Waals surface area contributed by atoms with E-state index in [1.54, 1.807) is 12.1 Å². The molecule has 0 aliphatic rings. The summed E-state index contributed by atoms with van der Waals surface area (Å²) in [6.45, 7) is 3.05. The van der Waals surface area contributed by atoms with Crippen LogP contribution in [0.2, 0.25) is 0 Å². The Morgan fingerprint density at radius 1 is 0.774 bits per heavy atom. The highest BCUT2D eigenvalue weighted by Gasteiger charge is 2.34. The van der Waals surface area contributed by atoms with Crippen molar-refractivity contribution in [3.05, 3.63) is 73.3 Å². The van der Waals surface area contributed by atoms with Gasteiger partial charge in [-0.05, 0) is 19.9 Å². The van der Waals surface area contributed by atoms with Crippen LogP contribution in [0.15, 0.2) is 42.7 Å². The molecule has 3 rings (SSSR count). The second-order valence-corrected chi connectivity index (χ2v) is 6.72. The van der Waals surface area contributed by atoms with E-state index in [1.807, 2.05) is 0 Å². The van der Waals surface area contributed by atoms with Gasteiger partial charge in [-0.25, -0.2) is 0 Å². The van der Waals surface area contributed by atoms with Crippen molar-refractivity contribution in [2.24, 2.45) is 0 Å². The number of rotatable bonds is 6. The monoisotopic (exact) mass is 430 g/mol. The zero-order chi connectivity index (χ0) is 22.9. The molecule has 1 aromatic carbocycles. The fraction of sp³-hybridized carbons (Fsp3) is 0.273. The molecule has 0 aliphatic heterocycles. The second kappa shape index (κ2) is 8.47. The molecule has 2 N–H and O–H groups in total. The van der Waals surface area contributed by atoms with Crippen LogP contribution in [0.3, 0.4) is 0 Å². The predicted molar refractivity (Wildman–Crippen MR) is 110 cm³/mol. The first-order valence-electron chi connectivity index (χ1n) is 9.19. The van der Waals surface area contributed by atoms with Crippen molar-refractivity contribution in [2.75, 3.05) is 21.3 Å². The normalized spacial score (nSPS) is 10.9. The van der Waals surface area contributed by atoms with Gasteiger partial charge in [0.1, 0.15) is 17.4 Å². The largest absolute Gasteiger partial charge is 0.502 e. The highest BCUT2D eigenvalue weighted by atomic mass is 16.5. The molecule has 0 bridgehead atoms. The summed E-state index contributed by atoms with van der Waals surface area (Å²) in [5, 5.41) is 21.1. The number of ether oxygens (including phenoxy) is 3. The Balaban J connectivity index is 2.48. The molecule has 0 unspecified atom stereocenters. The predicted octanol–water partition coefficient (Wildman–Crippen LogP) is 2.83. The Labute approximate surface area is 177 Å². The van der Waals surface area contributed by atoms with Crippen molar-refractivity contribution >= 4 is 0 Å². The minimum Gasteiger partial charge on any atom is -0.502 e. The lowest BCUT2D eigenvalue weighted by molar-refractivity contribution is 0.315. The zero-order valence-electron chi connectivity index (χ0n) is 17.6. The minimum atomic E-state index is -1.23. The zero-order valence-corrected chi connectivity index (χ0v) is 17.6. The number of aryl methyl sites for hydroxylation is 2. The summed E-state index contributed by atoms with van der Waals surface area (Å²) in [7, 11) is 4.25. The van der Waals surface area contributed by atoms with Crippen LogP contribution in [-0.2, 0) is 0 Å². The average Bonchev–Trinajstić information content (AvgIpc) is 2.74. The molecule has 164 valence electrons. The third-order valence-electron chi connectivity index (χ3n) is 4.71. The van der Waals surface area contributed by atoms with E-state index in [0.29, 0.717) is 5.75 Å². The molecule has 9 nitrogen and oxygen atoms in total. The van der Waals surface area contributed by atoms with E-state index in [9.17, 15) is 19.8 Å². The van der Waals surface area contributed by atoms with Gasteiger partial charge in [0.15, 0.2) is 23.0 Å². The van der Waals surface area contributed by atoms with Crippen molar-refractivity contribution in [3.8, 4) is 28.7 Å². The molecular weight excluding hydrogens is 408 g/mol. The lowest BCUT2D eigenvalue weighted by atomic mass is 9.90. The molecule has 0 fully saturated rings. The Morgan fingerprint density at radius 3 is 1.68 bits per heavy atom. The van der Waals surface area contributed by atoms with Crippen molar-refractivity contribution in [2.45, 2.75) is 19.8 Å². The lowest BCUT2D eigenvalue weighted by Crippen LogP contribution is -2.14. The molecule has 2 heterocycles. The lowest BCUT2D eigenvalue weighted by Gasteiger charge is -2.22. The molecule has 0 atom stereocenters. The standard InChI is InChI=1S/C22H22O9/c1-10-8-13(23)17(25)21(30-10)16(22-18(26)14(24)9-11(2)31-22)12-6-7-15(27-3)20(29-5)19(12)28-4/h6-9,16,25-26H,1-5H3. The third kappa shape index (κ3) is 3.81. The summed E-state index contributed by atoms with van der Waals surface area (Å²) in [6.07, 6.45) is 0.